The molecular formula is C8H11OS. The summed E-state index contributed by atoms with van der Waals surface area (Å²) in [5.74, 6) is 6.55. The second kappa shape index (κ2) is 6.70. The molecule has 0 bridgehead atoms. The highest BCUT2D eigenvalue weighted by molar-refractivity contribution is 8.13. The van der Waals surface area contributed by atoms with E-state index in [1.54, 1.807) is 13.3 Å². The van der Waals surface area contributed by atoms with E-state index in [0.29, 0.717) is 0 Å². The fraction of sp³-hybridized carbons (Fsp3) is 0.500. The van der Waals surface area contributed by atoms with E-state index >= 15 is 0 Å². The van der Waals surface area contributed by atoms with Gasteiger partial charge in [0, 0.05) is 25.5 Å². The Kier molecular flexibility index (Phi) is 6.42. The van der Waals surface area contributed by atoms with Crippen LogP contribution >= 0.6 is 11.8 Å². The molecule has 0 aliphatic rings. The zero-order valence-electron chi connectivity index (χ0n) is 6.31. The number of hydrogen-bond acceptors (Lipinski definition) is 2. The first-order valence-corrected chi connectivity index (χ1v) is 4.15. The van der Waals surface area contributed by atoms with Gasteiger partial charge in [-0.05, 0) is 0 Å². The fourth-order valence-electron chi connectivity index (χ4n) is 0.420. The van der Waals surface area contributed by atoms with E-state index in [1.165, 1.54) is 11.8 Å². The van der Waals surface area contributed by atoms with E-state index in [-0.39, 0.29) is 5.12 Å². The summed E-state index contributed by atoms with van der Waals surface area (Å²) in [4.78, 5) is 10.4. The maximum atomic E-state index is 10.4. The Labute approximate surface area is 66.6 Å². The van der Waals surface area contributed by atoms with Crippen molar-refractivity contribution >= 4 is 16.9 Å². The largest absolute Gasteiger partial charge is 0.288 e. The summed E-state index contributed by atoms with van der Waals surface area (Å²) in [6.45, 7) is 3.47. The molecule has 0 N–H and O–H groups in total. The van der Waals surface area contributed by atoms with Crippen LogP contribution in [0.1, 0.15) is 20.3 Å². The van der Waals surface area contributed by atoms with Crippen LogP contribution in [-0.4, -0.2) is 10.9 Å². The quantitative estimate of drug-likeness (QED) is 0.447. The molecule has 0 atom stereocenters. The van der Waals surface area contributed by atoms with Gasteiger partial charge >= 0.3 is 0 Å². The van der Waals surface area contributed by atoms with Crippen molar-refractivity contribution in [2.24, 2.45) is 0 Å². The van der Waals surface area contributed by atoms with E-state index in [0.717, 1.165) is 12.2 Å². The van der Waals surface area contributed by atoms with Gasteiger partial charge in [0.25, 0.3) is 0 Å². The number of rotatable bonds is 2. The van der Waals surface area contributed by atoms with Crippen LogP contribution in [0.2, 0.25) is 0 Å². The minimum absolute atomic E-state index is 0.169. The third kappa shape index (κ3) is 7.58. The van der Waals surface area contributed by atoms with Crippen molar-refractivity contribution in [2.45, 2.75) is 20.3 Å². The number of thioether (sulfide) groups is 1. The topological polar surface area (TPSA) is 17.1 Å². The Morgan fingerprint density at radius 2 is 2.40 bits per heavy atom. The summed E-state index contributed by atoms with van der Waals surface area (Å²) in [6, 6.07) is 0. The highest BCUT2D eigenvalue weighted by Gasteiger charge is 1.89. The molecule has 10 heavy (non-hydrogen) atoms. The van der Waals surface area contributed by atoms with Crippen LogP contribution in [-0.2, 0) is 4.79 Å². The molecule has 1 radical (unpaired) electrons. The van der Waals surface area contributed by atoms with Gasteiger partial charge in [-0.25, -0.2) is 0 Å². The molecular weight excluding hydrogens is 144 g/mol. The molecule has 0 rings (SSSR count). The molecule has 0 aromatic carbocycles. The first kappa shape index (κ1) is 9.58. The van der Waals surface area contributed by atoms with Crippen molar-refractivity contribution in [1.29, 1.82) is 0 Å². The molecule has 0 spiro atoms. The monoisotopic (exact) mass is 155 g/mol. The van der Waals surface area contributed by atoms with E-state index in [1.807, 2.05) is 6.92 Å². The second-order valence-electron chi connectivity index (χ2n) is 1.70. The van der Waals surface area contributed by atoms with Crippen LogP contribution < -0.4 is 0 Å². The SMILES string of the molecule is C[CH]C#CCCSC(C)=O. The van der Waals surface area contributed by atoms with Gasteiger partial charge in [0.05, 0.1) is 0 Å². The zero-order chi connectivity index (χ0) is 7.82. The number of carbonyl (C=O) groups is 1. The predicted octanol–water partition coefficient (Wildman–Crippen LogP) is 1.88. The van der Waals surface area contributed by atoms with Crippen molar-refractivity contribution in [3.63, 3.8) is 0 Å². The summed E-state index contributed by atoms with van der Waals surface area (Å²) in [5.41, 5.74) is 0. The molecule has 0 saturated carbocycles. The van der Waals surface area contributed by atoms with Gasteiger partial charge in [0.2, 0.25) is 0 Å². The molecule has 0 saturated heterocycles. The lowest BCUT2D eigenvalue weighted by Crippen LogP contribution is -1.83. The molecule has 0 heterocycles. The van der Waals surface area contributed by atoms with Gasteiger partial charge in [-0.1, -0.05) is 24.6 Å². The Morgan fingerprint density at radius 1 is 1.70 bits per heavy atom. The van der Waals surface area contributed by atoms with Crippen molar-refractivity contribution in [2.75, 3.05) is 5.75 Å². The molecule has 55 valence electrons. The normalized spacial score (nSPS) is 8.20. The van der Waals surface area contributed by atoms with E-state index < -0.39 is 0 Å². The number of hydrogen-bond donors (Lipinski definition) is 0. The lowest BCUT2D eigenvalue weighted by molar-refractivity contribution is -0.109. The molecule has 1 nitrogen and oxygen atoms in total. The first-order chi connectivity index (χ1) is 4.77. The molecule has 0 aromatic heterocycles. The van der Waals surface area contributed by atoms with Crippen LogP contribution in [0.15, 0.2) is 0 Å². The van der Waals surface area contributed by atoms with E-state index in [9.17, 15) is 4.79 Å². The average molecular weight is 155 g/mol. The minimum atomic E-state index is 0.169. The smallest absolute Gasteiger partial charge is 0.185 e. The van der Waals surface area contributed by atoms with Crippen LogP contribution in [0.25, 0.3) is 0 Å². The zero-order valence-corrected chi connectivity index (χ0v) is 7.12. The fourth-order valence-corrected chi connectivity index (χ4v) is 0.912. The van der Waals surface area contributed by atoms with Gasteiger partial charge in [-0.3, -0.25) is 4.79 Å². The van der Waals surface area contributed by atoms with Crippen LogP contribution in [0.3, 0.4) is 0 Å². The summed E-state index contributed by atoms with van der Waals surface area (Å²) in [6.07, 6.45) is 2.60. The molecule has 0 amide bonds. The Bertz CT molecular complexity index is 152. The number of carbonyl (C=O) groups excluding carboxylic acids is 1. The second-order valence-corrected chi connectivity index (χ2v) is 2.97. The van der Waals surface area contributed by atoms with Crippen LogP contribution in [0.4, 0.5) is 0 Å². The maximum Gasteiger partial charge on any atom is 0.185 e. The lowest BCUT2D eigenvalue weighted by atomic mass is 10.4. The van der Waals surface area contributed by atoms with E-state index in [2.05, 4.69) is 11.8 Å². The molecule has 0 aliphatic carbocycles. The van der Waals surface area contributed by atoms with Gasteiger partial charge < -0.3 is 0 Å². The van der Waals surface area contributed by atoms with Crippen LogP contribution in [0, 0.1) is 18.3 Å². The highest BCUT2D eigenvalue weighted by atomic mass is 32.2. The van der Waals surface area contributed by atoms with Crippen molar-refractivity contribution < 1.29 is 4.79 Å². The predicted molar refractivity (Wildman–Crippen MR) is 45.5 cm³/mol. The van der Waals surface area contributed by atoms with Gasteiger partial charge in [-0.2, -0.15) is 0 Å². The van der Waals surface area contributed by atoms with Gasteiger partial charge in [0.1, 0.15) is 0 Å². The third-order valence-electron chi connectivity index (χ3n) is 0.779. The highest BCUT2D eigenvalue weighted by Crippen LogP contribution is 2.01. The van der Waals surface area contributed by atoms with Crippen molar-refractivity contribution in [3.8, 4) is 11.8 Å². The molecule has 0 aliphatic heterocycles. The first-order valence-electron chi connectivity index (χ1n) is 3.17. The maximum absolute atomic E-state index is 10.4. The molecule has 0 fully saturated rings. The Hall–Kier alpha value is -0.420. The summed E-state index contributed by atoms with van der Waals surface area (Å²) in [7, 11) is 0. The van der Waals surface area contributed by atoms with Crippen molar-refractivity contribution in [1.82, 2.24) is 0 Å². The average Bonchev–Trinajstić information content (AvgIpc) is 1.87. The van der Waals surface area contributed by atoms with Gasteiger partial charge in [0.15, 0.2) is 5.12 Å². The van der Waals surface area contributed by atoms with E-state index in [4.69, 9.17) is 0 Å². The minimum Gasteiger partial charge on any atom is -0.288 e. The Morgan fingerprint density at radius 3 is 2.90 bits per heavy atom. The Balaban J connectivity index is 3.13. The molecule has 0 aromatic rings. The van der Waals surface area contributed by atoms with Crippen LogP contribution in [0.5, 0.6) is 0 Å². The van der Waals surface area contributed by atoms with Crippen molar-refractivity contribution in [3.05, 3.63) is 6.42 Å². The van der Waals surface area contributed by atoms with Gasteiger partial charge in [-0.15, -0.1) is 5.92 Å². The lowest BCUT2D eigenvalue weighted by Gasteiger charge is -1.87. The summed E-state index contributed by atoms with van der Waals surface area (Å²) < 4.78 is 0. The summed E-state index contributed by atoms with van der Waals surface area (Å²) in [5, 5.41) is 0.169. The third-order valence-corrected chi connectivity index (χ3v) is 1.59. The molecule has 2 heteroatoms. The summed E-state index contributed by atoms with van der Waals surface area (Å²) >= 11 is 1.33. The standard InChI is InChI=1S/C8H11OS/c1-3-4-5-6-7-10-8(2)9/h3H,6-7H2,1-2H3. The molecule has 0 unspecified atom stereocenters.